The molecule has 0 aliphatic heterocycles. The molecule has 0 spiro atoms. The van der Waals surface area contributed by atoms with Gasteiger partial charge < -0.3 is 15.4 Å². The Hall–Kier alpha value is -4.04. The molecule has 1 aliphatic rings. The van der Waals surface area contributed by atoms with Crippen molar-refractivity contribution in [2.45, 2.75) is 52.1 Å². The highest BCUT2D eigenvalue weighted by Gasteiger charge is 2.34. The number of para-hydroxylation sites is 1. The van der Waals surface area contributed by atoms with Gasteiger partial charge in [0.15, 0.2) is 0 Å². The normalized spacial score (nSPS) is 14.6. The van der Waals surface area contributed by atoms with E-state index in [2.05, 4.69) is 57.5 Å². The second-order valence-corrected chi connectivity index (χ2v) is 11.4. The van der Waals surface area contributed by atoms with Crippen LogP contribution < -0.4 is 15.4 Å². The predicted octanol–water partition coefficient (Wildman–Crippen LogP) is 7.24. The lowest BCUT2D eigenvalue weighted by molar-refractivity contribution is -0.274. The topological polar surface area (TPSA) is 101 Å². The van der Waals surface area contributed by atoms with Gasteiger partial charge in [-0.3, -0.25) is 4.98 Å². The molecular weight excluding hydrogens is 543 g/mol. The van der Waals surface area contributed by atoms with Crippen LogP contribution in [0.3, 0.4) is 0 Å². The fourth-order valence-electron chi connectivity index (χ4n) is 4.33. The Labute approximate surface area is 234 Å². The summed E-state index contributed by atoms with van der Waals surface area (Å²) in [5, 5.41) is 25.8. The third-order valence-electron chi connectivity index (χ3n) is 6.35. The van der Waals surface area contributed by atoms with E-state index in [0.717, 1.165) is 12.8 Å². The summed E-state index contributed by atoms with van der Waals surface area (Å²) in [6.07, 6.45) is 0.247. The summed E-state index contributed by atoms with van der Waals surface area (Å²) < 4.78 is 46.0. The van der Waals surface area contributed by atoms with Gasteiger partial charge in [0.1, 0.15) is 23.6 Å². The lowest BCUT2D eigenvalue weighted by atomic mass is 9.96. The van der Waals surface area contributed by atoms with E-state index in [9.17, 15) is 18.4 Å². The van der Waals surface area contributed by atoms with E-state index >= 15 is 0 Å². The molecule has 40 heavy (non-hydrogen) atoms. The van der Waals surface area contributed by atoms with E-state index in [1.165, 1.54) is 18.3 Å². The van der Waals surface area contributed by atoms with E-state index in [4.69, 9.17) is 11.6 Å². The molecule has 8 nitrogen and oxygen atoms in total. The van der Waals surface area contributed by atoms with Gasteiger partial charge in [-0.2, -0.15) is 5.26 Å². The molecule has 12 heteroatoms. The lowest BCUT2D eigenvalue weighted by Gasteiger charge is -2.23. The zero-order valence-electron chi connectivity index (χ0n) is 22.1. The van der Waals surface area contributed by atoms with Crippen LogP contribution in [0.25, 0.3) is 10.9 Å². The van der Waals surface area contributed by atoms with Crippen molar-refractivity contribution in [1.29, 1.82) is 5.26 Å². The smallest absolute Gasteiger partial charge is 0.405 e. The highest BCUT2D eigenvalue weighted by atomic mass is 35.5. The van der Waals surface area contributed by atoms with Gasteiger partial charge in [-0.1, -0.05) is 55.8 Å². The molecule has 208 valence electrons. The number of aromatic nitrogens is 4. The number of halogens is 4. The van der Waals surface area contributed by atoms with Crippen LogP contribution in [0.15, 0.2) is 48.8 Å². The van der Waals surface area contributed by atoms with Crippen molar-refractivity contribution in [3.8, 4) is 11.8 Å². The summed E-state index contributed by atoms with van der Waals surface area (Å²) in [5.74, 6) is -0.360. The highest BCUT2D eigenvalue weighted by Crippen LogP contribution is 2.40. The first-order valence-electron chi connectivity index (χ1n) is 12.7. The molecule has 0 amide bonds. The third-order valence-corrected chi connectivity index (χ3v) is 6.64. The number of benzene rings is 2. The summed E-state index contributed by atoms with van der Waals surface area (Å²) in [7, 11) is 0. The average Bonchev–Trinajstić information content (AvgIpc) is 3.61. The van der Waals surface area contributed by atoms with E-state index < -0.39 is 12.4 Å². The lowest BCUT2D eigenvalue weighted by Crippen LogP contribution is -2.21. The number of ether oxygens (including phenoxy) is 1. The molecular formula is C28H27ClF3N7O. The van der Waals surface area contributed by atoms with Crippen molar-refractivity contribution in [3.63, 3.8) is 0 Å². The van der Waals surface area contributed by atoms with E-state index in [0.29, 0.717) is 45.1 Å². The minimum Gasteiger partial charge on any atom is -0.405 e. The second kappa shape index (κ2) is 10.5. The van der Waals surface area contributed by atoms with Gasteiger partial charge in [-0.25, -0.2) is 4.68 Å². The maximum Gasteiger partial charge on any atom is 0.573 e. The number of rotatable bonds is 8. The molecule has 0 radical (unpaired) electrons. The van der Waals surface area contributed by atoms with Crippen LogP contribution in [0.2, 0.25) is 5.02 Å². The number of nitriles is 1. The van der Waals surface area contributed by atoms with Crippen LogP contribution in [0.5, 0.6) is 5.75 Å². The van der Waals surface area contributed by atoms with Crippen LogP contribution in [0.4, 0.5) is 24.5 Å². The monoisotopic (exact) mass is 569 g/mol. The standard InChI is InChI=1S/C28H27ClF3N7O/c1-27(2,3)15-35-24-16(12-33)13-34-25-20(24)10-17(11-21(25)29)36-26(22-14-39(38-37-22)18-8-9-18)19-6-4-5-7-23(19)40-28(30,31)32/h4-7,10-11,13-14,18,26,36H,8-9,15H2,1-3H3,(H,34,35)/t26-/m0/s1. The first-order valence-corrected chi connectivity index (χ1v) is 13.1. The maximum absolute atomic E-state index is 13.3. The number of anilines is 2. The summed E-state index contributed by atoms with van der Waals surface area (Å²) in [6.45, 7) is 6.77. The van der Waals surface area contributed by atoms with Crippen LogP contribution in [0.1, 0.15) is 62.5 Å². The molecule has 0 unspecified atom stereocenters. The van der Waals surface area contributed by atoms with E-state index in [-0.39, 0.29) is 22.8 Å². The fraction of sp³-hybridized carbons (Fsp3) is 0.357. The van der Waals surface area contributed by atoms with Gasteiger partial charge >= 0.3 is 6.36 Å². The number of fused-ring (bicyclic) bond motifs is 1. The molecule has 2 heterocycles. The highest BCUT2D eigenvalue weighted by molar-refractivity contribution is 6.35. The molecule has 0 bridgehead atoms. The maximum atomic E-state index is 13.3. The van der Waals surface area contributed by atoms with Crippen LogP contribution in [0, 0.1) is 16.7 Å². The molecule has 2 N–H and O–H groups in total. The van der Waals surface area contributed by atoms with Crippen LogP contribution >= 0.6 is 11.6 Å². The number of hydrogen-bond acceptors (Lipinski definition) is 7. The largest absolute Gasteiger partial charge is 0.573 e. The molecule has 0 saturated heterocycles. The van der Waals surface area contributed by atoms with Crippen molar-refractivity contribution in [1.82, 2.24) is 20.0 Å². The first-order chi connectivity index (χ1) is 18.9. The van der Waals surface area contributed by atoms with E-state index in [1.807, 2.05) is 0 Å². The van der Waals surface area contributed by atoms with Crippen LogP contribution in [-0.4, -0.2) is 32.9 Å². The summed E-state index contributed by atoms with van der Waals surface area (Å²) in [6, 6.07) is 10.8. The van der Waals surface area contributed by atoms with Crippen molar-refractivity contribution in [2.75, 3.05) is 17.2 Å². The Morgan fingerprint density at radius 1 is 1.20 bits per heavy atom. The minimum absolute atomic E-state index is 0.0807. The van der Waals surface area contributed by atoms with Gasteiger partial charge in [-0.15, -0.1) is 18.3 Å². The van der Waals surface area contributed by atoms with Gasteiger partial charge in [-0.05, 0) is 36.5 Å². The van der Waals surface area contributed by atoms with Crippen molar-refractivity contribution in [2.24, 2.45) is 5.41 Å². The number of hydrogen-bond donors (Lipinski definition) is 2. The van der Waals surface area contributed by atoms with Gasteiger partial charge in [0, 0.05) is 29.4 Å². The number of nitrogens with one attached hydrogen (secondary N) is 2. The molecule has 2 aromatic carbocycles. The molecule has 2 aromatic heterocycles. The SMILES string of the molecule is CC(C)(C)CNc1c(C#N)cnc2c(Cl)cc(N[C@H](c3cn(C4CC4)nn3)c3ccccc3OC(F)(F)F)cc12. The number of nitrogens with zero attached hydrogens (tertiary/aromatic N) is 5. The first kappa shape index (κ1) is 27.5. The Morgan fingerprint density at radius 3 is 2.62 bits per heavy atom. The van der Waals surface area contributed by atoms with Gasteiger partial charge in [0.2, 0.25) is 0 Å². The quantitative estimate of drug-likeness (QED) is 0.230. The molecule has 1 saturated carbocycles. The molecule has 4 aromatic rings. The number of alkyl halides is 3. The third kappa shape index (κ3) is 6.23. The summed E-state index contributed by atoms with van der Waals surface area (Å²) >= 11 is 6.65. The number of pyridine rings is 1. The van der Waals surface area contributed by atoms with Crippen molar-refractivity contribution < 1.29 is 17.9 Å². The van der Waals surface area contributed by atoms with Gasteiger partial charge in [0.05, 0.1) is 34.0 Å². The fourth-order valence-corrected chi connectivity index (χ4v) is 4.59. The Balaban J connectivity index is 1.61. The van der Waals surface area contributed by atoms with Crippen molar-refractivity contribution in [3.05, 3.63) is 70.6 Å². The van der Waals surface area contributed by atoms with Crippen molar-refractivity contribution >= 4 is 33.9 Å². The molecule has 1 aliphatic carbocycles. The summed E-state index contributed by atoms with van der Waals surface area (Å²) in [5.41, 5.74) is 2.44. The Kier molecular flexibility index (Phi) is 7.23. The zero-order chi connectivity index (χ0) is 28.7. The molecule has 1 atom stereocenters. The predicted molar refractivity (Wildman–Crippen MR) is 146 cm³/mol. The molecule has 5 rings (SSSR count). The zero-order valence-corrected chi connectivity index (χ0v) is 22.8. The summed E-state index contributed by atoms with van der Waals surface area (Å²) in [4.78, 5) is 4.38. The Bertz CT molecular complexity index is 1590. The molecule has 1 fully saturated rings. The average molecular weight is 570 g/mol. The van der Waals surface area contributed by atoms with Crippen LogP contribution in [-0.2, 0) is 0 Å². The Morgan fingerprint density at radius 2 is 1.95 bits per heavy atom. The van der Waals surface area contributed by atoms with Gasteiger partial charge in [0.25, 0.3) is 0 Å². The van der Waals surface area contributed by atoms with E-state index in [1.54, 1.807) is 35.1 Å². The second-order valence-electron chi connectivity index (χ2n) is 10.9. The minimum atomic E-state index is -4.88.